The fourth-order valence-electron chi connectivity index (χ4n) is 6.99. The maximum absolute atomic E-state index is 12.8. The summed E-state index contributed by atoms with van der Waals surface area (Å²) in [7, 11) is 0. The number of allylic oxidation sites excluding steroid dienone is 14. The molecule has 0 saturated carbocycles. The molecule has 360 valence electrons. The molecule has 1 unspecified atom stereocenters. The Morgan fingerprint density at radius 2 is 0.667 bits per heavy atom. The number of hydrogen-bond donors (Lipinski definition) is 0. The molecule has 0 aromatic heterocycles. The van der Waals surface area contributed by atoms with Gasteiger partial charge in [0, 0.05) is 19.3 Å². The predicted molar refractivity (Wildman–Crippen MR) is 270 cm³/mol. The zero-order chi connectivity index (χ0) is 45.8. The van der Waals surface area contributed by atoms with Crippen molar-refractivity contribution in [3.8, 4) is 0 Å². The first-order valence-corrected chi connectivity index (χ1v) is 26.1. The van der Waals surface area contributed by atoms with E-state index >= 15 is 0 Å². The van der Waals surface area contributed by atoms with Crippen molar-refractivity contribution >= 4 is 17.9 Å². The van der Waals surface area contributed by atoms with E-state index in [2.05, 4.69) is 106 Å². The highest BCUT2D eigenvalue weighted by molar-refractivity contribution is 5.71. The van der Waals surface area contributed by atoms with Crippen molar-refractivity contribution in [2.75, 3.05) is 13.2 Å². The Morgan fingerprint density at radius 3 is 1.08 bits per heavy atom. The van der Waals surface area contributed by atoms with Gasteiger partial charge in [-0.1, -0.05) is 215 Å². The molecule has 0 radical (unpaired) electrons. The van der Waals surface area contributed by atoms with Gasteiger partial charge in [-0.15, -0.1) is 0 Å². The molecule has 0 aromatic carbocycles. The Labute approximate surface area is 388 Å². The molecule has 0 aliphatic carbocycles. The molecule has 63 heavy (non-hydrogen) atoms. The minimum Gasteiger partial charge on any atom is -0.462 e. The average Bonchev–Trinajstić information content (AvgIpc) is 3.28. The van der Waals surface area contributed by atoms with Crippen molar-refractivity contribution in [3.05, 3.63) is 85.1 Å². The molecular formula is C57H96O6. The normalized spacial score (nSPS) is 12.7. The number of carbonyl (C=O) groups is 3. The molecule has 0 spiro atoms. The van der Waals surface area contributed by atoms with Crippen LogP contribution in [0.5, 0.6) is 0 Å². The average molecular weight is 877 g/mol. The number of rotatable bonds is 46. The minimum atomic E-state index is -0.802. The van der Waals surface area contributed by atoms with Crippen LogP contribution in [0.3, 0.4) is 0 Å². The SMILES string of the molecule is CC/C=C\C/C=C\C/C=C\C/C=C\C/C=C\CCCCCC(=O)OCC(COC(=O)CCCCCCCCCCCC)OC(=O)CCCCC/C=C\C=C/CCCCCCCCC. The van der Waals surface area contributed by atoms with Crippen LogP contribution in [-0.2, 0) is 28.6 Å². The van der Waals surface area contributed by atoms with Crippen molar-refractivity contribution < 1.29 is 28.6 Å². The smallest absolute Gasteiger partial charge is 0.306 e. The van der Waals surface area contributed by atoms with Crippen LogP contribution in [0.2, 0.25) is 0 Å². The molecule has 6 heteroatoms. The van der Waals surface area contributed by atoms with Gasteiger partial charge in [0.05, 0.1) is 0 Å². The first-order valence-electron chi connectivity index (χ1n) is 26.1. The lowest BCUT2D eigenvalue weighted by Gasteiger charge is -2.18. The molecule has 0 bridgehead atoms. The molecule has 0 N–H and O–H groups in total. The molecule has 0 aliphatic heterocycles. The van der Waals surface area contributed by atoms with Gasteiger partial charge in [-0.3, -0.25) is 14.4 Å². The molecule has 6 nitrogen and oxygen atoms in total. The minimum absolute atomic E-state index is 0.0971. The zero-order valence-corrected chi connectivity index (χ0v) is 41.1. The number of carbonyl (C=O) groups excluding carboxylic acids is 3. The fourth-order valence-corrected chi connectivity index (χ4v) is 6.99. The second-order valence-electron chi connectivity index (χ2n) is 17.1. The lowest BCUT2D eigenvalue weighted by atomic mass is 10.1. The summed E-state index contributed by atoms with van der Waals surface area (Å²) in [6.45, 7) is 6.45. The summed E-state index contributed by atoms with van der Waals surface area (Å²) in [5.41, 5.74) is 0. The van der Waals surface area contributed by atoms with Crippen molar-refractivity contribution in [1.29, 1.82) is 0 Å². The van der Waals surface area contributed by atoms with Crippen LogP contribution in [0.15, 0.2) is 85.1 Å². The standard InChI is InChI=1S/C57H96O6/c1-4-7-10-13-16-19-22-24-26-28-29-30-32-33-35-38-41-44-47-50-56(59)62-53-54(52-61-55(58)49-46-43-40-37-21-18-15-12-9-6-3)63-57(60)51-48-45-42-39-36-34-31-27-25-23-20-17-14-11-8-5-2/h7,10,16,19,24,26-27,29-31,33-36,54H,4-6,8-9,11-15,17-18,20-23,25,28,32,37-53H2,1-3H3/b10-7-,19-16-,26-24-,30-29-,31-27-,35-33-,36-34-. The van der Waals surface area contributed by atoms with Crippen LogP contribution in [-0.4, -0.2) is 37.2 Å². The Balaban J connectivity index is 4.46. The summed E-state index contributed by atoms with van der Waals surface area (Å²) in [4.78, 5) is 37.9. The Bertz CT molecular complexity index is 1240. The molecule has 0 aliphatic rings. The van der Waals surface area contributed by atoms with E-state index in [0.717, 1.165) is 109 Å². The topological polar surface area (TPSA) is 78.9 Å². The summed E-state index contributed by atoms with van der Waals surface area (Å²) in [5, 5.41) is 0. The third kappa shape index (κ3) is 49.5. The quantitative estimate of drug-likeness (QED) is 0.0199. The third-order valence-corrected chi connectivity index (χ3v) is 10.9. The number of unbranched alkanes of at least 4 members (excludes halogenated alkanes) is 22. The second-order valence-corrected chi connectivity index (χ2v) is 17.1. The van der Waals surface area contributed by atoms with Crippen LogP contribution in [0.4, 0.5) is 0 Å². The van der Waals surface area contributed by atoms with E-state index in [0.29, 0.717) is 12.8 Å². The molecule has 0 aromatic rings. The largest absolute Gasteiger partial charge is 0.462 e. The molecular weight excluding hydrogens is 781 g/mol. The van der Waals surface area contributed by atoms with Gasteiger partial charge in [-0.05, 0) is 89.9 Å². The summed E-state index contributed by atoms with van der Waals surface area (Å²) in [6, 6.07) is 0. The zero-order valence-electron chi connectivity index (χ0n) is 41.1. The highest BCUT2D eigenvalue weighted by atomic mass is 16.6. The van der Waals surface area contributed by atoms with Gasteiger partial charge in [0.25, 0.3) is 0 Å². The van der Waals surface area contributed by atoms with Gasteiger partial charge >= 0.3 is 17.9 Å². The second kappa shape index (κ2) is 51.2. The summed E-state index contributed by atoms with van der Waals surface area (Å²) < 4.78 is 16.7. The third-order valence-electron chi connectivity index (χ3n) is 10.9. The predicted octanol–water partition coefficient (Wildman–Crippen LogP) is 17.2. The number of esters is 3. The highest BCUT2D eigenvalue weighted by Gasteiger charge is 2.19. The maximum Gasteiger partial charge on any atom is 0.306 e. The van der Waals surface area contributed by atoms with E-state index < -0.39 is 6.10 Å². The lowest BCUT2D eigenvalue weighted by Crippen LogP contribution is -2.30. The highest BCUT2D eigenvalue weighted by Crippen LogP contribution is 2.14. The first-order chi connectivity index (χ1) is 31.0. The van der Waals surface area contributed by atoms with Crippen LogP contribution in [0.1, 0.15) is 239 Å². The summed E-state index contributed by atoms with van der Waals surface area (Å²) >= 11 is 0. The monoisotopic (exact) mass is 877 g/mol. The van der Waals surface area contributed by atoms with Gasteiger partial charge in [0.2, 0.25) is 0 Å². The Kier molecular flexibility index (Phi) is 48.5. The van der Waals surface area contributed by atoms with Gasteiger partial charge < -0.3 is 14.2 Å². The molecule has 0 fully saturated rings. The van der Waals surface area contributed by atoms with E-state index in [4.69, 9.17) is 14.2 Å². The van der Waals surface area contributed by atoms with Gasteiger partial charge in [-0.25, -0.2) is 0 Å². The van der Waals surface area contributed by atoms with Crippen molar-refractivity contribution in [2.24, 2.45) is 0 Å². The van der Waals surface area contributed by atoms with Crippen molar-refractivity contribution in [3.63, 3.8) is 0 Å². The lowest BCUT2D eigenvalue weighted by molar-refractivity contribution is -0.167. The molecule has 0 amide bonds. The summed E-state index contributed by atoms with van der Waals surface area (Å²) in [6.07, 6.45) is 65.7. The van der Waals surface area contributed by atoms with E-state index in [1.807, 2.05) is 0 Å². The van der Waals surface area contributed by atoms with Crippen LogP contribution >= 0.6 is 0 Å². The molecule has 1 atom stereocenters. The number of ether oxygens (including phenoxy) is 3. The maximum atomic E-state index is 12.8. The van der Waals surface area contributed by atoms with E-state index in [-0.39, 0.29) is 37.5 Å². The summed E-state index contributed by atoms with van der Waals surface area (Å²) in [5.74, 6) is -0.959. The van der Waals surface area contributed by atoms with Crippen molar-refractivity contribution in [2.45, 2.75) is 245 Å². The number of hydrogen-bond acceptors (Lipinski definition) is 6. The van der Waals surface area contributed by atoms with Gasteiger partial charge in [0.1, 0.15) is 13.2 Å². The van der Waals surface area contributed by atoms with E-state index in [9.17, 15) is 14.4 Å². The molecule has 0 heterocycles. The van der Waals surface area contributed by atoms with Crippen LogP contribution in [0.25, 0.3) is 0 Å². The van der Waals surface area contributed by atoms with E-state index in [1.54, 1.807) is 0 Å². The van der Waals surface area contributed by atoms with Crippen molar-refractivity contribution in [1.82, 2.24) is 0 Å². The molecule has 0 saturated heterocycles. The Hall–Kier alpha value is -3.41. The fraction of sp³-hybridized carbons (Fsp3) is 0.702. The van der Waals surface area contributed by atoms with Gasteiger partial charge in [0.15, 0.2) is 6.10 Å². The molecule has 0 rings (SSSR count). The van der Waals surface area contributed by atoms with E-state index in [1.165, 1.54) is 89.9 Å². The van der Waals surface area contributed by atoms with Gasteiger partial charge in [-0.2, -0.15) is 0 Å². The Morgan fingerprint density at radius 1 is 0.349 bits per heavy atom. The van der Waals surface area contributed by atoms with Crippen LogP contribution < -0.4 is 0 Å². The first kappa shape index (κ1) is 59.6. The van der Waals surface area contributed by atoms with Crippen LogP contribution in [0, 0.1) is 0 Å².